The molecule has 0 aliphatic carbocycles. The summed E-state index contributed by atoms with van der Waals surface area (Å²) in [4.78, 5) is 22.2. The molecule has 0 spiro atoms. The first kappa shape index (κ1) is 15.2. The van der Waals surface area contributed by atoms with Gasteiger partial charge in [-0.3, -0.25) is 4.79 Å². The third kappa shape index (κ3) is 4.75. The van der Waals surface area contributed by atoms with Gasteiger partial charge in [0.05, 0.1) is 11.6 Å². The molecule has 2 amide bonds. The van der Waals surface area contributed by atoms with Crippen molar-refractivity contribution in [3.8, 4) is 0 Å². The van der Waals surface area contributed by atoms with Crippen molar-refractivity contribution < 1.29 is 19.1 Å². The number of rotatable bonds is 5. The predicted octanol–water partition coefficient (Wildman–Crippen LogP) is 2.71. The minimum Gasteiger partial charge on any atom is -0.481 e. The molecular weight excluding hydrogens is 275 g/mol. The molecule has 7 heteroatoms. The van der Waals surface area contributed by atoms with E-state index in [1.165, 1.54) is 12.1 Å². The molecule has 0 saturated carbocycles. The van der Waals surface area contributed by atoms with Crippen molar-refractivity contribution >= 4 is 29.3 Å². The third-order valence-electron chi connectivity index (χ3n) is 2.53. The number of anilines is 1. The number of carboxylic acids is 1. The first-order valence-corrected chi connectivity index (χ1v) is 6.04. The van der Waals surface area contributed by atoms with Crippen LogP contribution in [0.25, 0.3) is 0 Å². The summed E-state index contributed by atoms with van der Waals surface area (Å²) in [5.41, 5.74) is -0.0617. The fraction of sp³-hybridized carbons (Fsp3) is 0.333. The van der Waals surface area contributed by atoms with Crippen LogP contribution in [-0.4, -0.2) is 23.7 Å². The summed E-state index contributed by atoms with van der Waals surface area (Å²) in [7, 11) is 0. The Bertz CT molecular complexity index is 482. The monoisotopic (exact) mass is 288 g/mol. The number of amides is 2. The molecule has 0 aliphatic rings. The summed E-state index contributed by atoms with van der Waals surface area (Å²) in [6.45, 7) is 1.68. The molecule has 0 radical (unpaired) electrons. The lowest BCUT2D eigenvalue weighted by Crippen LogP contribution is -2.35. The number of nitrogens with one attached hydrogen (secondary N) is 2. The molecule has 104 valence electrons. The Balaban J connectivity index is 2.56. The Morgan fingerprint density at radius 2 is 2.16 bits per heavy atom. The van der Waals surface area contributed by atoms with Crippen molar-refractivity contribution in [3.05, 3.63) is 29.0 Å². The molecule has 1 unspecified atom stereocenters. The molecule has 1 atom stereocenters. The number of carbonyl (C=O) groups is 2. The van der Waals surface area contributed by atoms with Crippen LogP contribution in [0.3, 0.4) is 0 Å². The molecule has 0 saturated heterocycles. The second kappa shape index (κ2) is 6.94. The molecule has 3 N–H and O–H groups in total. The quantitative estimate of drug-likeness (QED) is 0.779. The zero-order valence-corrected chi connectivity index (χ0v) is 11.0. The molecule has 0 bridgehead atoms. The molecule has 0 heterocycles. The minimum atomic E-state index is -0.989. The number of urea groups is 1. The van der Waals surface area contributed by atoms with E-state index in [0.717, 1.165) is 6.07 Å². The van der Waals surface area contributed by atoms with Crippen LogP contribution in [0.1, 0.15) is 13.3 Å². The van der Waals surface area contributed by atoms with Crippen molar-refractivity contribution in [3.63, 3.8) is 0 Å². The Hall–Kier alpha value is -1.82. The fourth-order valence-electron chi connectivity index (χ4n) is 1.38. The van der Waals surface area contributed by atoms with E-state index in [9.17, 15) is 14.0 Å². The van der Waals surface area contributed by atoms with Gasteiger partial charge in [0.2, 0.25) is 0 Å². The second-order valence-corrected chi connectivity index (χ2v) is 4.34. The summed E-state index contributed by atoms with van der Waals surface area (Å²) in [6, 6.07) is 3.08. The summed E-state index contributed by atoms with van der Waals surface area (Å²) in [5.74, 6) is -2.28. The van der Waals surface area contributed by atoms with Crippen LogP contribution in [0.2, 0.25) is 5.02 Å². The SMILES string of the molecule is CCC(CNC(=O)Nc1cc(Cl)ccc1F)C(=O)O. The van der Waals surface area contributed by atoms with Gasteiger partial charge >= 0.3 is 12.0 Å². The average Bonchev–Trinajstić information content (AvgIpc) is 2.34. The van der Waals surface area contributed by atoms with Gasteiger partial charge in [0.25, 0.3) is 0 Å². The zero-order valence-electron chi connectivity index (χ0n) is 10.2. The maximum Gasteiger partial charge on any atom is 0.319 e. The van der Waals surface area contributed by atoms with Crippen LogP contribution < -0.4 is 10.6 Å². The maximum atomic E-state index is 13.3. The van der Waals surface area contributed by atoms with Gasteiger partial charge < -0.3 is 15.7 Å². The smallest absolute Gasteiger partial charge is 0.319 e. The van der Waals surface area contributed by atoms with Crippen molar-refractivity contribution in [1.29, 1.82) is 0 Å². The highest BCUT2D eigenvalue weighted by Crippen LogP contribution is 2.19. The van der Waals surface area contributed by atoms with E-state index in [2.05, 4.69) is 10.6 Å². The first-order chi connectivity index (χ1) is 8.93. The number of carbonyl (C=O) groups excluding carboxylic acids is 1. The van der Waals surface area contributed by atoms with Crippen molar-refractivity contribution in [2.45, 2.75) is 13.3 Å². The number of carboxylic acid groups (broad SMARTS) is 1. The topological polar surface area (TPSA) is 78.4 Å². The Morgan fingerprint density at radius 1 is 1.47 bits per heavy atom. The molecule has 0 fully saturated rings. The molecule has 1 aromatic carbocycles. The van der Waals surface area contributed by atoms with E-state index < -0.39 is 23.7 Å². The van der Waals surface area contributed by atoms with Crippen LogP contribution in [0, 0.1) is 11.7 Å². The van der Waals surface area contributed by atoms with Gasteiger partial charge in [-0.15, -0.1) is 0 Å². The zero-order chi connectivity index (χ0) is 14.4. The van der Waals surface area contributed by atoms with Crippen LogP contribution in [0.4, 0.5) is 14.9 Å². The molecule has 1 aromatic rings. The molecular formula is C12H14ClFN2O3. The van der Waals surface area contributed by atoms with Gasteiger partial charge in [0.15, 0.2) is 0 Å². The van der Waals surface area contributed by atoms with Crippen LogP contribution in [-0.2, 0) is 4.79 Å². The highest BCUT2D eigenvalue weighted by atomic mass is 35.5. The third-order valence-corrected chi connectivity index (χ3v) is 2.76. The average molecular weight is 289 g/mol. The highest BCUT2D eigenvalue weighted by Gasteiger charge is 2.16. The van der Waals surface area contributed by atoms with Gasteiger partial charge in [-0.2, -0.15) is 0 Å². The molecule has 0 aliphatic heterocycles. The fourth-order valence-corrected chi connectivity index (χ4v) is 1.55. The van der Waals surface area contributed by atoms with Crippen LogP contribution >= 0.6 is 11.6 Å². The standard InChI is InChI=1S/C12H14ClFN2O3/c1-2-7(11(17)18)6-15-12(19)16-10-5-8(13)3-4-9(10)14/h3-5,7H,2,6H2,1H3,(H,17,18)(H2,15,16,19). The lowest BCUT2D eigenvalue weighted by Gasteiger charge is -2.12. The van der Waals surface area contributed by atoms with E-state index >= 15 is 0 Å². The normalized spacial score (nSPS) is 11.7. The number of hydrogen-bond acceptors (Lipinski definition) is 2. The second-order valence-electron chi connectivity index (χ2n) is 3.90. The summed E-state index contributed by atoms with van der Waals surface area (Å²) < 4.78 is 13.3. The lowest BCUT2D eigenvalue weighted by atomic mass is 10.1. The number of aliphatic carboxylic acids is 1. The van der Waals surface area contributed by atoms with E-state index in [0.29, 0.717) is 6.42 Å². The Kier molecular flexibility index (Phi) is 5.57. The first-order valence-electron chi connectivity index (χ1n) is 5.66. The summed E-state index contributed by atoms with van der Waals surface area (Å²) in [5, 5.41) is 13.7. The Morgan fingerprint density at radius 3 is 2.74 bits per heavy atom. The lowest BCUT2D eigenvalue weighted by molar-refractivity contribution is -0.141. The molecule has 5 nitrogen and oxygen atoms in total. The van der Waals surface area contributed by atoms with Gasteiger partial charge in [-0.05, 0) is 24.6 Å². The summed E-state index contributed by atoms with van der Waals surface area (Å²) in [6.07, 6.45) is 0.390. The molecule has 19 heavy (non-hydrogen) atoms. The van der Waals surface area contributed by atoms with Crippen LogP contribution in [0.5, 0.6) is 0 Å². The predicted molar refractivity (Wildman–Crippen MR) is 69.8 cm³/mol. The van der Waals surface area contributed by atoms with E-state index in [4.69, 9.17) is 16.7 Å². The van der Waals surface area contributed by atoms with E-state index in [1.807, 2.05) is 0 Å². The number of benzene rings is 1. The molecule has 1 rings (SSSR count). The van der Waals surface area contributed by atoms with E-state index in [-0.39, 0.29) is 17.3 Å². The number of hydrogen-bond donors (Lipinski definition) is 3. The minimum absolute atomic E-state index is 0.0279. The molecule has 0 aromatic heterocycles. The maximum absolute atomic E-state index is 13.3. The highest BCUT2D eigenvalue weighted by molar-refractivity contribution is 6.30. The van der Waals surface area contributed by atoms with Gasteiger partial charge in [-0.1, -0.05) is 18.5 Å². The van der Waals surface area contributed by atoms with Crippen molar-refractivity contribution in [2.24, 2.45) is 5.92 Å². The van der Waals surface area contributed by atoms with Gasteiger partial charge in [-0.25, -0.2) is 9.18 Å². The van der Waals surface area contributed by atoms with Gasteiger partial charge in [0, 0.05) is 11.6 Å². The largest absolute Gasteiger partial charge is 0.481 e. The van der Waals surface area contributed by atoms with Gasteiger partial charge in [0.1, 0.15) is 5.82 Å². The summed E-state index contributed by atoms with van der Waals surface area (Å²) >= 11 is 5.68. The van der Waals surface area contributed by atoms with Crippen molar-refractivity contribution in [2.75, 3.05) is 11.9 Å². The van der Waals surface area contributed by atoms with Crippen molar-refractivity contribution in [1.82, 2.24) is 5.32 Å². The van der Waals surface area contributed by atoms with Crippen LogP contribution in [0.15, 0.2) is 18.2 Å². The van der Waals surface area contributed by atoms with E-state index in [1.54, 1.807) is 6.92 Å². The Labute approximate surface area is 114 Å². The number of halogens is 2.